The molecule has 0 fully saturated rings. The highest BCUT2D eigenvalue weighted by molar-refractivity contribution is 5.77. The maximum atomic E-state index is 11.6. The van der Waals surface area contributed by atoms with E-state index in [9.17, 15) is 9.59 Å². The summed E-state index contributed by atoms with van der Waals surface area (Å²) in [6.45, 7) is 6.78. The molecule has 138 valence electrons. The van der Waals surface area contributed by atoms with Gasteiger partial charge in [0.15, 0.2) is 0 Å². The van der Waals surface area contributed by atoms with Crippen molar-refractivity contribution in [2.24, 2.45) is 0 Å². The minimum atomic E-state index is -0.800. The molecule has 0 aliphatic heterocycles. The van der Waals surface area contributed by atoms with Gasteiger partial charge in [0.1, 0.15) is 12.2 Å². The molecule has 2 N–H and O–H groups in total. The van der Waals surface area contributed by atoms with Crippen molar-refractivity contribution in [1.29, 1.82) is 0 Å². The molecule has 0 aromatic heterocycles. The summed E-state index contributed by atoms with van der Waals surface area (Å²) >= 11 is 0. The zero-order chi connectivity index (χ0) is 18.2. The number of aliphatic hydroxyl groups excluding tert-OH is 2. The highest BCUT2D eigenvalue weighted by Gasteiger charge is 2.18. The molecular weight excluding hydrogens is 320 g/mol. The highest BCUT2D eigenvalue weighted by Crippen LogP contribution is 2.03. The van der Waals surface area contributed by atoms with E-state index >= 15 is 0 Å². The number of ether oxygens (including phenoxy) is 4. The van der Waals surface area contributed by atoms with Crippen LogP contribution < -0.4 is 0 Å². The molecule has 0 aromatic rings. The second kappa shape index (κ2) is 14.8. The summed E-state index contributed by atoms with van der Waals surface area (Å²) < 4.78 is 20.1. The third kappa shape index (κ3) is 11.8. The Morgan fingerprint density at radius 3 is 1.50 bits per heavy atom. The number of carbonyl (C=O) groups excluding carboxylic acids is 2. The Bertz CT molecular complexity index is 346. The number of hydrogen-bond donors (Lipinski definition) is 2. The predicted octanol–water partition coefficient (Wildman–Crippen LogP) is -0.0200. The maximum Gasteiger partial charge on any atom is 0.306 e. The van der Waals surface area contributed by atoms with E-state index < -0.39 is 24.1 Å². The molecule has 0 rings (SSSR count). The maximum absolute atomic E-state index is 11.6. The number of rotatable bonds is 15. The monoisotopic (exact) mass is 346 g/mol. The molecule has 0 amide bonds. The van der Waals surface area contributed by atoms with Crippen LogP contribution in [0.4, 0.5) is 0 Å². The summed E-state index contributed by atoms with van der Waals surface area (Å²) in [6, 6.07) is 0. The van der Waals surface area contributed by atoms with Gasteiger partial charge in [-0.1, -0.05) is 12.2 Å². The quantitative estimate of drug-likeness (QED) is 0.242. The number of carbonyl (C=O) groups is 2. The first-order valence-corrected chi connectivity index (χ1v) is 7.55. The molecule has 8 nitrogen and oxygen atoms in total. The van der Waals surface area contributed by atoms with Gasteiger partial charge in [-0.05, 0) is 0 Å². The Morgan fingerprint density at radius 2 is 1.21 bits per heavy atom. The zero-order valence-electron chi connectivity index (χ0n) is 13.7. The second-order valence-corrected chi connectivity index (χ2v) is 4.74. The van der Waals surface area contributed by atoms with Gasteiger partial charge in [-0.2, -0.15) is 0 Å². The van der Waals surface area contributed by atoms with Gasteiger partial charge in [0.05, 0.1) is 52.5 Å². The van der Waals surface area contributed by atoms with Crippen molar-refractivity contribution in [2.75, 3.05) is 39.6 Å². The molecule has 2 unspecified atom stereocenters. The molecular formula is C16H26O8. The van der Waals surface area contributed by atoms with Gasteiger partial charge in [0.2, 0.25) is 0 Å². The third-order valence-electron chi connectivity index (χ3n) is 2.62. The van der Waals surface area contributed by atoms with Gasteiger partial charge in [-0.15, -0.1) is 13.2 Å². The Balaban J connectivity index is 4.03. The Morgan fingerprint density at radius 1 is 0.833 bits per heavy atom. The van der Waals surface area contributed by atoms with Gasteiger partial charge in [0, 0.05) is 0 Å². The van der Waals surface area contributed by atoms with Crippen LogP contribution in [0.2, 0.25) is 0 Å². The number of esters is 2. The van der Waals surface area contributed by atoms with Gasteiger partial charge >= 0.3 is 11.9 Å². The highest BCUT2D eigenvalue weighted by atomic mass is 16.6. The number of aliphatic hydroxyl groups is 2. The van der Waals surface area contributed by atoms with Gasteiger partial charge in [-0.3, -0.25) is 9.59 Å². The van der Waals surface area contributed by atoms with E-state index in [2.05, 4.69) is 13.2 Å². The average molecular weight is 346 g/mol. The second-order valence-electron chi connectivity index (χ2n) is 4.74. The molecule has 0 aromatic carbocycles. The molecule has 0 radical (unpaired) electrons. The van der Waals surface area contributed by atoms with E-state index in [0.717, 1.165) is 0 Å². The first kappa shape index (κ1) is 22.3. The predicted molar refractivity (Wildman–Crippen MR) is 85.2 cm³/mol. The fraction of sp³-hybridized carbons (Fsp3) is 0.625. The molecule has 8 heteroatoms. The lowest BCUT2D eigenvalue weighted by Crippen LogP contribution is -2.29. The average Bonchev–Trinajstić information content (AvgIpc) is 2.58. The minimum Gasteiger partial charge on any atom is -0.457 e. The van der Waals surface area contributed by atoms with Crippen LogP contribution >= 0.6 is 0 Å². The largest absolute Gasteiger partial charge is 0.457 e. The summed E-state index contributed by atoms with van der Waals surface area (Å²) in [7, 11) is 0. The smallest absolute Gasteiger partial charge is 0.306 e. The molecule has 0 bridgehead atoms. The van der Waals surface area contributed by atoms with E-state index in [1.165, 1.54) is 12.2 Å². The summed E-state index contributed by atoms with van der Waals surface area (Å²) in [4.78, 5) is 23.2. The lowest BCUT2D eigenvalue weighted by molar-refractivity contribution is -0.161. The van der Waals surface area contributed by atoms with E-state index in [-0.39, 0.29) is 52.5 Å². The summed E-state index contributed by atoms with van der Waals surface area (Å²) in [5.41, 5.74) is 0. The van der Waals surface area contributed by atoms with E-state index in [0.29, 0.717) is 0 Å². The molecule has 0 aliphatic rings. The van der Waals surface area contributed by atoms with Crippen LogP contribution in [0, 0.1) is 0 Å². The Hall–Kier alpha value is -1.74. The standard InChI is InChI=1S/C16H26O8/c1-3-7-21-11-13(9-17)23-15(19)5-6-16(20)24-14(10-18)12-22-8-4-2/h3-4,13-14,17-18H,1-2,5-12H2. The number of hydrogen-bond acceptors (Lipinski definition) is 8. The summed E-state index contributed by atoms with van der Waals surface area (Å²) in [5, 5.41) is 18.2. The van der Waals surface area contributed by atoms with Gasteiger partial charge < -0.3 is 29.2 Å². The summed E-state index contributed by atoms with van der Waals surface area (Å²) in [6.07, 6.45) is 1.05. The Kier molecular flexibility index (Phi) is 13.8. The SMILES string of the molecule is C=CCOCC(CO)OC(=O)CCC(=O)OC(CO)COCC=C. The first-order valence-electron chi connectivity index (χ1n) is 7.55. The van der Waals surface area contributed by atoms with E-state index in [1.807, 2.05) is 0 Å². The van der Waals surface area contributed by atoms with Crippen molar-refractivity contribution in [3.8, 4) is 0 Å². The van der Waals surface area contributed by atoms with Crippen LogP contribution in [0.1, 0.15) is 12.8 Å². The first-order chi connectivity index (χ1) is 11.6. The van der Waals surface area contributed by atoms with E-state index in [4.69, 9.17) is 29.2 Å². The van der Waals surface area contributed by atoms with Crippen LogP contribution in [0.5, 0.6) is 0 Å². The van der Waals surface area contributed by atoms with E-state index in [1.54, 1.807) is 0 Å². The van der Waals surface area contributed by atoms with Crippen LogP contribution in [-0.2, 0) is 28.5 Å². The van der Waals surface area contributed by atoms with Crippen LogP contribution in [0.15, 0.2) is 25.3 Å². The molecule has 0 spiro atoms. The molecule has 2 atom stereocenters. The lowest BCUT2D eigenvalue weighted by atomic mass is 10.3. The fourth-order valence-electron chi connectivity index (χ4n) is 1.51. The van der Waals surface area contributed by atoms with Crippen molar-refractivity contribution in [3.63, 3.8) is 0 Å². The van der Waals surface area contributed by atoms with Gasteiger partial charge in [-0.25, -0.2) is 0 Å². The normalized spacial score (nSPS) is 12.9. The van der Waals surface area contributed by atoms with Crippen molar-refractivity contribution >= 4 is 11.9 Å². The summed E-state index contributed by atoms with van der Waals surface area (Å²) in [5.74, 6) is -1.31. The van der Waals surface area contributed by atoms with Crippen molar-refractivity contribution in [2.45, 2.75) is 25.0 Å². The van der Waals surface area contributed by atoms with Crippen molar-refractivity contribution in [1.82, 2.24) is 0 Å². The third-order valence-corrected chi connectivity index (χ3v) is 2.62. The molecule has 0 aliphatic carbocycles. The van der Waals surface area contributed by atoms with Gasteiger partial charge in [0.25, 0.3) is 0 Å². The molecule has 24 heavy (non-hydrogen) atoms. The topological polar surface area (TPSA) is 112 Å². The van der Waals surface area contributed by atoms with Crippen LogP contribution in [0.3, 0.4) is 0 Å². The molecule has 0 saturated heterocycles. The zero-order valence-corrected chi connectivity index (χ0v) is 13.7. The minimum absolute atomic E-state index is 0.0337. The van der Waals surface area contributed by atoms with Crippen molar-refractivity contribution in [3.05, 3.63) is 25.3 Å². The lowest BCUT2D eigenvalue weighted by Gasteiger charge is -2.16. The molecule has 0 heterocycles. The Labute approximate surface area is 141 Å². The van der Waals surface area contributed by atoms with Crippen LogP contribution in [-0.4, -0.2) is 74.0 Å². The fourth-order valence-corrected chi connectivity index (χ4v) is 1.51. The molecule has 0 saturated carbocycles. The van der Waals surface area contributed by atoms with Crippen molar-refractivity contribution < 1.29 is 38.7 Å². The van der Waals surface area contributed by atoms with Crippen LogP contribution in [0.25, 0.3) is 0 Å².